The van der Waals surface area contributed by atoms with Crippen molar-refractivity contribution in [3.8, 4) is 11.5 Å². The van der Waals surface area contributed by atoms with Gasteiger partial charge in [0, 0.05) is 12.2 Å². The number of hydrogen-bond acceptors (Lipinski definition) is 4. The summed E-state index contributed by atoms with van der Waals surface area (Å²) in [6.07, 6.45) is -4.64. The van der Waals surface area contributed by atoms with Crippen molar-refractivity contribution in [2.24, 2.45) is 0 Å². The predicted molar refractivity (Wildman–Crippen MR) is 106 cm³/mol. The number of nitrogens with one attached hydrogen (secondary N) is 1. The van der Waals surface area contributed by atoms with Crippen LogP contribution in [0.2, 0.25) is 5.02 Å². The van der Waals surface area contributed by atoms with Crippen LogP contribution in [0, 0.1) is 0 Å². The number of likely N-dealkylation sites (N-methyl/N-ethyl adjacent to an activating group) is 1. The second-order valence-corrected chi connectivity index (χ2v) is 6.77. The van der Waals surface area contributed by atoms with Gasteiger partial charge in [-0.3, -0.25) is 4.79 Å². The maximum atomic E-state index is 13.1. The van der Waals surface area contributed by atoms with Crippen LogP contribution in [-0.4, -0.2) is 44.7 Å². The summed E-state index contributed by atoms with van der Waals surface area (Å²) in [5.41, 5.74) is -0.966. The number of benzene rings is 2. The molecule has 0 unspecified atom stereocenters. The van der Waals surface area contributed by atoms with E-state index in [0.29, 0.717) is 19.8 Å². The van der Waals surface area contributed by atoms with E-state index in [4.69, 9.17) is 21.1 Å². The van der Waals surface area contributed by atoms with Crippen molar-refractivity contribution in [1.82, 2.24) is 4.90 Å². The van der Waals surface area contributed by atoms with Crippen molar-refractivity contribution in [3.63, 3.8) is 0 Å². The van der Waals surface area contributed by atoms with Crippen LogP contribution < -0.4 is 14.8 Å². The molecule has 0 radical (unpaired) electrons. The van der Waals surface area contributed by atoms with Gasteiger partial charge in [-0.1, -0.05) is 17.7 Å². The lowest BCUT2D eigenvalue weighted by atomic mass is 10.1. The molecule has 0 aromatic heterocycles. The fourth-order valence-electron chi connectivity index (χ4n) is 2.48. The average Bonchev–Trinajstić information content (AvgIpc) is 2.62. The highest BCUT2D eigenvalue weighted by molar-refractivity contribution is 6.31. The minimum Gasteiger partial charge on any atom is -0.493 e. The standard InChI is InChI=1S/C20H22ClF3N2O3/c1-4-28-16-6-5-7-17(29-11-10-26(2)3)18(16)19(27)25-13-8-9-15(21)14(12-13)20(22,23)24/h5-9,12H,4,10-11H2,1-3H3,(H,25,27). The zero-order valence-corrected chi connectivity index (χ0v) is 17.0. The van der Waals surface area contributed by atoms with Gasteiger partial charge in [-0.05, 0) is 51.4 Å². The van der Waals surface area contributed by atoms with Gasteiger partial charge < -0.3 is 19.7 Å². The molecule has 2 aromatic carbocycles. The molecule has 0 saturated heterocycles. The first-order valence-electron chi connectivity index (χ1n) is 8.85. The molecule has 1 amide bonds. The molecule has 0 saturated carbocycles. The van der Waals surface area contributed by atoms with E-state index >= 15 is 0 Å². The Morgan fingerprint density at radius 3 is 2.38 bits per heavy atom. The van der Waals surface area contributed by atoms with Crippen LogP contribution in [0.5, 0.6) is 11.5 Å². The first-order valence-corrected chi connectivity index (χ1v) is 9.22. The van der Waals surface area contributed by atoms with E-state index < -0.39 is 22.7 Å². The molecule has 0 aliphatic carbocycles. The number of halogens is 4. The molecule has 0 heterocycles. The fourth-order valence-corrected chi connectivity index (χ4v) is 2.71. The van der Waals surface area contributed by atoms with Gasteiger partial charge in [0.15, 0.2) is 0 Å². The molecule has 0 aliphatic rings. The third-order valence-electron chi connectivity index (χ3n) is 3.84. The topological polar surface area (TPSA) is 50.8 Å². The molecule has 0 spiro atoms. The van der Waals surface area contributed by atoms with Gasteiger partial charge in [-0.25, -0.2) is 0 Å². The minimum atomic E-state index is -4.64. The third kappa shape index (κ3) is 6.27. The van der Waals surface area contributed by atoms with Crippen LogP contribution in [0.25, 0.3) is 0 Å². The van der Waals surface area contributed by atoms with Gasteiger partial charge in [0.05, 0.1) is 17.2 Å². The van der Waals surface area contributed by atoms with Gasteiger partial charge in [0.1, 0.15) is 23.7 Å². The Morgan fingerprint density at radius 1 is 1.14 bits per heavy atom. The Kier molecular flexibility index (Phi) is 7.75. The Morgan fingerprint density at radius 2 is 1.79 bits per heavy atom. The molecule has 5 nitrogen and oxygen atoms in total. The molecule has 0 fully saturated rings. The van der Waals surface area contributed by atoms with E-state index in [1.54, 1.807) is 25.1 Å². The summed E-state index contributed by atoms with van der Waals surface area (Å²) in [4.78, 5) is 14.8. The molecular weight excluding hydrogens is 409 g/mol. The molecule has 29 heavy (non-hydrogen) atoms. The summed E-state index contributed by atoms with van der Waals surface area (Å²) in [6, 6.07) is 8.05. The van der Waals surface area contributed by atoms with E-state index in [2.05, 4.69) is 5.32 Å². The molecule has 9 heteroatoms. The second-order valence-electron chi connectivity index (χ2n) is 6.36. The number of amides is 1. The number of ether oxygens (including phenoxy) is 2. The first kappa shape index (κ1) is 22.8. The predicted octanol–water partition coefficient (Wildman–Crippen LogP) is 4.95. The maximum absolute atomic E-state index is 13.1. The highest BCUT2D eigenvalue weighted by atomic mass is 35.5. The monoisotopic (exact) mass is 430 g/mol. The van der Waals surface area contributed by atoms with Crippen LogP contribution in [0.4, 0.5) is 18.9 Å². The zero-order chi connectivity index (χ0) is 21.6. The zero-order valence-electron chi connectivity index (χ0n) is 16.3. The second kappa shape index (κ2) is 9.84. The van der Waals surface area contributed by atoms with Crippen molar-refractivity contribution in [1.29, 1.82) is 0 Å². The van der Waals surface area contributed by atoms with Crippen molar-refractivity contribution in [2.75, 3.05) is 39.2 Å². The molecule has 2 aromatic rings. The average molecular weight is 431 g/mol. The van der Waals surface area contributed by atoms with E-state index in [1.165, 1.54) is 6.07 Å². The third-order valence-corrected chi connectivity index (χ3v) is 4.17. The molecule has 158 valence electrons. The molecule has 2 rings (SSSR count). The van der Waals surface area contributed by atoms with E-state index in [0.717, 1.165) is 12.1 Å². The first-order chi connectivity index (χ1) is 13.6. The Labute approximate surface area is 172 Å². The van der Waals surface area contributed by atoms with Crippen LogP contribution in [-0.2, 0) is 6.18 Å². The molecular formula is C20H22ClF3N2O3. The van der Waals surface area contributed by atoms with Gasteiger partial charge in [0.2, 0.25) is 0 Å². The van der Waals surface area contributed by atoms with Crippen molar-refractivity contribution < 1.29 is 27.4 Å². The summed E-state index contributed by atoms with van der Waals surface area (Å²) >= 11 is 5.63. The van der Waals surface area contributed by atoms with Gasteiger partial charge in [-0.2, -0.15) is 13.2 Å². The van der Waals surface area contributed by atoms with Gasteiger partial charge in [-0.15, -0.1) is 0 Å². The van der Waals surface area contributed by atoms with Crippen molar-refractivity contribution in [3.05, 3.63) is 52.5 Å². The van der Waals surface area contributed by atoms with Crippen LogP contribution in [0.3, 0.4) is 0 Å². The molecule has 1 N–H and O–H groups in total. The van der Waals surface area contributed by atoms with Gasteiger partial charge in [0.25, 0.3) is 5.91 Å². The smallest absolute Gasteiger partial charge is 0.417 e. The Hall–Kier alpha value is -2.45. The number of nitrogens with zero attached hydrogens (tertiary/aromatic N) is 1. The summed E-state index contributed by atoms with van der Waals surface area (Å²) in [5.74, 6) is -0.0954. The molecule has 0 bridgehead atoms. The number of rotatable bonds is 8. The fraction of sp³-hybridized carbons (Fsp3) is 0.350. The van der Waals surface area contributed by atoms with E-state index in [9.17, 15) is 18.0 Å². The Balaban J connectivity index is 2.33. The lowest BCUT2D eigenvalue weighted by Gasteiger charge is -2.17. The Bertz CT molecular complexity index is 857. The molecule has 0 aliphatic heterocycles. The summed E-state index contributed by atoms with van der Waals surface area (Å²) < 4.78 is 50.5. The maximum Gasteiger partial charge on any atom is 0.417 e. The highest BCUT2D eigenvalue weighted by Crippen LogP contribution is 2.37. The quantitative estimate of drug-likeness (QED) is 0.643. The summed E-state index contributed by atoms with van der Waals surface area (Å²) in [6.45, 7) is 3.00. The number of anilines is 1. The largest absolute Gasteiger partial charge is 0.493 e. The normalized spacial score (nSPS) is 11.4. The van der Waals surface area contributed by atoms with Crippen LogP contribution >= 0.6 is 11.6 Å². The number of hydrogen-bond donors (Lipinski definition) is 1. The van der Waals surface area contributed by atoms with Crippen molar-refractivity contribution in [2.45, 2.75) is 13.1 Å². The summed E-state index contributed by atoms with van der Waals surface area (Å²) in [7, 11) is 3.76. The van der Waals surface area contributed by atoms with Gasteiger partial charge >= 0.3 is 6.18 Å². The summed E-state index contributed by atoms with van der Waals surface area (Å²) in [5, 5.41) is 2.02. The van der Waals surface area contributed by atoms with Crippen LogP contribution in [0.15, 0.2) is 36.4 Å². The highest BCUT2D eigenvalue weighted by Gasteiger charge is 2.33. The number of carbonyl (C=O) groups is 1. The van der Waals surface area contributed by atoms with E-state index in [1.807, 2.05) is 19.0 Å². The van der Waals surface area contributed by atoms with Crippen molar-refractivity contribution >= 4 is 23.2 Å². The number of alkyl halides is 3. The number of carbonyl (C=O) groups excluding carboxylic acids is 1. The molecule has 0 atom stereocenters. The lowest BCUT2D eigenvalue weighted by molar-refractivity contribution is -0.137. The van der Waals surface area contributed by atoms with E-state index in [-0.39, 0.29) is 22.7 Å². The SMILES string of the molecule is CCOc1cccc(OCCN(C)C)c1C(=O)Nc1ccc(Cl)c(C(F)(F)F)c1. The van der Waals surface area contributed by atoms with Crippen LogP contribution in [0.1, 0.15) is 22.8 Å². The lowest BCUT2D eigenvalue weighted by Crippen LogP contribution is -2.21. The minimum absolute atomic E-state index is 0.0442.